The van der Waals surface area contributed by atoms with Gasteiger partial charge >= 0.3 is 0 Å². The number of thiazole rings is 1. The molecule has 140 valence electrons. The summed E-state index contributed by atoms with van der Waals surface area (Å²) in [5.74, 6) is 0. The van der Waals surface area contributed by atoms with Gasteiger partial charge in [-0.3, -0.25) is 9.80 Å². The number of aryl methyl sites for hydroxylation is 1. The Morgan fingerprint density at radius 3 is 2.73 bits per heavy atom. The highest BCUT2D eigenvalue weighted by molar-refractivity contribution is 7.09. The third kappa shape index (κ3) is 4.17. The van der Waals surface area contributed by atoms with E-state index < -0.39 is 0 Å². The summed E-state index contributed by atoms with van der Waals surface area (Å²) in [6.07, 6.45) is 3.46. The van der Waals surface area contributed by atoms with E-state index in [1.54, 1.807) is 11.3 Å². The number of rotatable bonds is 5. The monoisotopic (exact) mass is 371 g/mol. The lowest BCUT2D eigenvalue weighted by molar-refractivity contribution is -0.0454. The Labute approximate surface area is 160 Å². The van der Waals surface area contributed by atoms with Gasteiger partial charge in [-0.05, 0) is 38.8 Å². The Balaban J connectivity index is 1.28. The van der Waals surface area contributed by atoms with Crippen LogP contribution < -0.4 is 0 Å². The summed E-state index contributed by atoms with van der Waals surface area (Å²) >= 11 is 1.75. The average Bonchev–Trinajstić information content (AvgIpc) is 3.25. The predicted molar refractivity (Wildman–Crippen MR) is 106 cm³/mol. The van der Waals surface area contributed by atoms with E-state index in [1.165, 1.54) is 17.7 Å². The quantitative estimate of drug-likeness (QED) is 0.801. The first-order valence-corrected chi connectivity index (χ1v) is 10.5. The lowest BCUT2D eigenvalue weighted by Crippen LogP contribution is -2.44. The topological polar surface area (TPSA) is 28.6 Å². The van der Waals surface area contributed by atoms with Crippen LogP contribution in [-0.2, 0) is 17.8 Å². The zero-order valence-corrected chi connectivity index (χ0v) is 16.7. The Bertz CT molecular complexity index is 709. The Kier molecular flexibility index (Phi) is 5.41. The molecule has 1 unspecified atom stereocenters. The molecule has 5 heteroatoms. The third-order valence-electron chi connectivity index (χ3n) is 5.91. The van der Waals surface area contributed by atoms with E-state index in [0.29, 0.717) is 6.04 Å². The average molecular weight is 372 g/mol. The zero-order chi connectivity index (χ0) is 18.0. The number of likely N-dealkylation sites (N-methyl/N-ethyl adjacent to an activating group) is 1. The number of hydrogen-bond donors (Lipinski definition) is 0. The molecule has 2 fully saturated rings. The third-order valence-corrected chi connectivity index (χ3v) is 6.73. The number of benzene rings is 1. The predicted octanol–water partition coefficient (Wildman–Crippen LogP) is 3.71. The molecule has 2 aromatic rings. The minimum atomic E-state index is 0.101. The minimum Gasteiger partial charge on any atom is -0.373 e. The second-order valence-electron chi connectivity index (χ2n) is 7.89. The zero-order valence-electron chi connectivity index (χ0n) is 15.9. The van der Waals surface area contributed by atoms with Crippen molar-refractivity contribution >= 4 is 11.3 Å². The van der Waals surface area contributed by atoms with Gasteiger partial charge in [0.2, 0.25) is 0 Å². The first-order valence-electron chi connectivity index (χ1n) is 9.63. The van der Waals surface area contributed by atoms with Gasteiger partial charge in [0.1, 0.15) is 0 Å². The minimum absolute atomic E-state index is 0.101. The molecule has 1 aromatic heterocycles. The molecule has 0 aliphatic carbocycles. The largest absolute Gasteiger partial charge is 0.373 e. The number of ether oxygens (including phenoxy) is 1. The highest BCUT2D eigenvalue weighted by Gasteiger charge is 2.43. The summed E-state index contributed by atoms with van der Waals surface area (Å²) in [4.78, 5) is 9.61. The molecule has 1 spiro atoms. The molecular weight excluding hydrogens is 342 g/mol. The number of hydrogen-bond acceptors (Lipinski definition) is 5. The molecule has 26 heavy (non-hydrogen) atoms. The summed E-state index contributed by atoms with van der Waals surface area (Å²) in [7, 11) is 2.24. The number of piperidine rings is 1. The Hall–Kier alpha value is -1.27. The maximum atomic E-state index is 6.37. The highest BCUT2D eigenvalue weighted by atomic mass is 32.1. The lowest BCUT2D eigenvalue weighted by Gasteiger charge is -2.38. The lowest BCUT2D eigenvalue weighted by atomic mass is 9.87. The molecule has 0 bridgehead atoms. The van der Waals surface area contributed by atoms with E-state index >= 15 is 0 Å². The van der Waals surface area contributed by atoms with Crippen LogP contribution in [0.4, 0.5) is 0 Å². The molecule has 1 aromatic carbocycles. The van der Waals surface area contributed by atoms with E-state index in [-0.39, 0.29) is 5.60 Å². The molecule has 1 atom stereocenters. The van der Waals surface area contributed by atoms with Crippen LogP contribution >= 0.6 is 11.3 Å². The van der Waals surface area contributed by atoms with Crippen molar-refractivity contribution in [2.24, 2.45) is 0 Å². The number of aromatic nitrogens is 1. The van der Waals surface area contributed by atoms with Gasteiger partial charge in [0.05, 0.1) is 22.9 Å². The highest BCUT2D eigenvalue weighted by Crippen LogP contribution is 2.38. The summed E-state index contributed by atoms with van der Waals surface area (Å²) in [6, 6.07) is 11.3. The standard InChI is InChI=1S/C21H29N3OS/c1-17-22-19(16-26-17)14-24-10-8-21(9-11-24)12-20(15-25-21)23(2)13-18-6-4-3-5-7-18/h3-7,16,20H,8-15H2,1-2H3. The molecule has 2 saturated heterocycles. The molecular formula is C21H29N3OS. The molecule has 0 radical (unpaired) electrons. The first kappa shape index (κ1) is 18.1. The molecule has 0 N–H and O–H groups in total. The normalized spacial score (nSPS) is 23.1. The number of likely N-dealkylation sites (tertiary alicyclic amines) is 1. The summed E-state index contributed by atoms with van der Waals surface area (Å²) in [6.45, 7) is 7.17. The van der Waals surface area contributed by atoms with Crippen LogP contribution in [-0.4, -0.2) is 53.2 Å². The van der Waals surface area contributed by atoms with E-state index in [9.17, 15) is 0 Å². The van der Waals surface area contributed by atoms with Crippen LogP contribution in [0.1, 0.15) is 35.5 Å². The van der Waals surface area contributed by atoms with Gasteiger partial charge in [-0.1, -0.05) is 30.3 Å². The van der Waals surface area contributed by atoms with Gasteiger partial charge in [0, 0.05) is 37.6 Å². The molecule has 4 rings (SSSR count). The van der Waals surface area contributed by atoms with E-state index in [1.807, 2.05) is 0 Å². The SMILES string of the molecule is Cc1nc(CN2CCC3(CC2)CC(N(C)Cc2ccccc2)CO3)cs1. The first-order chi connectivity index (χ1) is 12.6. The van der Waals surface area contributed by atoms with Crippen molar-refractivity contribution in [3.05, 3.63) is 52.0 Å². The van der Waals surface area contributed by atoms with E-state index in [4.69, 9.17) is 4.74 Å². The Morgan fingerprint density at radius 1 is 1.27 bits per heavy atom. The number of nitrogens with zero attached hydrogens (tertiary/aromatic N) is 3. The maximum Gasteiger partial charge on any atom is 0.0897 e. The summed E-state index contributed by atoms with van der Waals surface area (Å²) < 4.78 is 6.37. The molecule has 4 nitrogen and oxygen atoms in total. The molecule has 2 aliphatic rings. The van der Waals surface area contributed by atoms with E-state index in [0.717, 1.165) is 50.6 Å². The smallest absolute Gasteiger partial charge is 0.0897 e. The van der Waals surface area contributed by atoms with Crippen LogP contribution in [0.5, 0.6) is 0 Å². The fourth-order valence-electron chi connectivity index (χ4n) is 4.28. The van der Waals surface area contributed by atoms with Crippen molar-refractivity contribution in [3.8, 4) is 0 Å². The van der Waals surface area contributed by atoms with Gasteiger partial charge in [-0.2, -0.15) is 0 Å². The molecule has 3 heterocycles. The van der Waals surface area contributed by atoms with E-state index in [2.05, 4.69) is 64.5 Å². The molecule has 2 aliphatic heterocycles. The van der Waals surface area contributed by atoms with Crippen molar-refractivity contribution in [2.45, 2.75) is 50.9 Å². The van der Waals surface area contributed by atoms with Crippen LogP contribution in [0, 0.1) is 6.92 Å². The summed E-state index contributed by atoms with van der Waals surface area (Å²) in [5.41, 5.74) is 2.70. The van der Waals surface area contributed by atoms with Crippen LogP contribution in [0.3, 0.4) is 0 Å². The Morgan fingerprint density at radius 2 is 2.04 bits per heavy atom. The fourth-order valence-corrected chi connectivity index (χ4v) is 4.88. The van der Waals surface area contributed by atoms with Crippen molar-refractivity contribution in [3.63, 3.8) is 0 Å². The van der Waals surface area contributed by atoms with Gasteiger partial charge in [-0.15, -0.1) is 11.3 Å². The van der Waals surface area contributed by atoms with Gasteiger partial charge in [0.15, 0.2) is 0 Å². The van der Waals surface area contributed by atoms with Crippen molar-refractivity contribution in [2.75, 3.05) is 26.7 Å². The second kappa shape index (κ2) is 7.77. The van der Waals surface area contributed by atoms with Crippen molar-refractivity contribution < 1.29 is 4.74 Å². The second-order valence-corrected chi connectivity index (χ2v) is 8.95. The van der Waals surface area contributed by atoms with Crippen LogP contribution in [0.15, 0.2) is 35.7 Å². The van der Waals surface area contributed by atoms with Crippen LogP contribution in [0.2, 0.25) is 0 Å². The maximum absolute atomic E-state index is 6.37. The van der Waals surface area contributed by atoms with Gasteiger partial charge in [0.25, 0.3) is 0 Å². The molecule has 0 saturated carbocycles. The van der Waals surface area contributed by atoms with Gasteiger partial charge < -0.3 is 4.74 Å². The fraction of sp³-hybridized carbons (Fsp3) is 0.571. The molecule has 0 amide bonds. The van der Waals surface area contributed by atoms with Crippen molar-refractivity contribution in [1.29, 1.82) is 0 Å². The van der Waals surface area contributed by atoms with Crippen molar-refractivity contribution in [1.82, 2.24) is 14.8 Å². The van der Waals surface area contributed by atoms with Gasteiger partial charge in [-0.25, -0.2) is 4.98 Å². The summed E-state index contributed by atoms with van der Waals surface area (Å²) in [5, 5.41) is 3.36. The van der Waals surface area contributed by atoms with Crippen LogP contribution in [0.25, 0.3) is 0 Å².